The highest BCUT2D eigenvalue weighted by Crippen LogP contribution is 2.08. The van der Waals surface area contributed by atoms with Crippen molar-refractivity contribution in [3.8, 4) is 0 Å². The van der Waals surface area contributed by atoms with Crippen LogP contribution in [0.2, 0.25) is 0 Å². The van der Waals surface area contributed by atoms with E-state index in [0.29, 0.717) is 0 Å². The van der Waals surface area contributed by atoms with Crippen LogP contribution in [0.25, 0.3) is 5.65 Å². The molecule has 3 heteroatoms. The van der Waals surface area contributed by atoms with Crippen molar-refractivity contribution in [2.75, 3.05) is 0 Å². The van der Waals surface area contributed by atoms with Crippen LogP contribution in [0.15, 0.2) is 48.7 Å². The number of fused-ring (bicyclic) bond motifs is 1. The Hall–Kier alpha value is -2.16. The molecule has 0 saturated heterocycles. The summed E-state index contributed by atoms with van der Waals surface area (Å²) in [6.07, 6.45) is 2.78. The molecule has 0 saturated carbocycles. The monoisotopic (exact) mass is 223 g/mol. The first-order valence-corrected chi connectivity index (χ1v) is 5.67. The average molecular weight is 223 g/mol. The zero-order valence-electron chi connectivity index (χ0n) is 9.67. The lowest BCUT2D eigenvalue weighted by molar-refractivity contribution is 0.895. The Balaban J connectivity index is 1.96. The van der Waals surface area contributed by atoms with Crippen molar-refractivity contribution in [2.24, 2.45) is 0 Å². The molecule has 0 aliphatic carbocycles. The SMILES string of the molecule is Cc1ccc2nc(Cc3ccccc3)nn2c1. The number of benzene rings is 1. The van der Waals surface area contributed by atoms with E-state index >= 15 is 0 Å². The van der Waals surface area contributed by atoms with Crippen LogP contribution < -0.4 is 0 Å². The molecule has 0 amide bonds. The molecule has 0 bridgehead atoms. The van der Waals surface area contributed by atoms with E-state index in [9.17, 15) is 0 Å². The Morgan fingerprint density at radius 2 is 1.88 bits per heavy atom. The second-order valence-corrected chi connectivity index (χ2v) is 4.20. The summed E-state index contributed by atoms with van der Waals surface area (Å²) in [7, 11) is 0. The molecule has 0 fully saturated rings. The van der Waals surface area contributed by atoms with Gasteiger partial charge in [0.25, 0.3) is 0 Å². The van der Waals surface area contributed by atoms with Crippen LogP contribution in [-0.4, -0.2) is 14.6 Å². The fourth-order valence-electron chi connectivity index (χ4n) is 1.89. The van der Waals surface area contributed by atoms with Gasteiger partial charge in [0.1, 0.15) is 0 Å². The highest BCUT2D eigenvalue weighted by molar-refractivity contribution is 5.39. The maximum atomic E-state index is 4.50. The minimum absolute atomic E-state index is 0.779. The van der Waals surface area contributed by atoms with Crippen molar-refractivity contribution in [2.45, 2.75) is 13.3 Å². The van der Waals surface area contributed by atoms with E-state index in [-0.39, 0.29) is 0 Å². The van der Waals surface area contributed by atoms with Gasteiger partial charge in [0, 0.05) is 12.6 Å². The number of hydrogen-bond donors (Lipinski definition) is 0. The molecule has 0 aliphatic heterocycles. The molecular formula is C14H13N3. The number of nitrogens with zero attached hydrogens (tertiary/aromatic N) is 3. The largest absolute Gasteiger partial charge is 0.221 e. The summed E-state index contributed by atoms with van der Waals surface area (Å²) in [5.41, 5.74) is 3.33. The molecular weight excluding hydrogens is 210 g/mol. The van der Waals surface area contributed by atoms with Gasteiger partial charge in [-0.25, -0.2) is 9.50 Å². The van der Waals surface area contributed by atoms with Crippen molar-refractivity contribution < 1.29 is 0 Å². The van der Waals surface area contributed by atoms with Crippen LogP contribution in [0.3, 0.4) is 0 Å². The summed E-state index contributed by atoms with van der Waals surface area (Å²) in [5.74, 6) is 0.863. The summed E-state index contributed by atoms with van der Waals surface area (Å²) < 4.78 is 1.84. The standard InChI is InChI=1S/C14H13N3/c1-11-7-8-14-15-13(16-17(14)10-11)9-12-5-3-2-4-6-12/h2-8,10H,9H2,1H3. The van der Waals surface area contributed by atoms with Crippen molar-refractivity contribution in [1.29, 1.82) is 0 Å². The summed E-state index contributed by atoms with van der Waals surface area (Å²) in [4.78, 5) is 4.50. The summed E-state index contributed by atoms with van der Waals surface area (Å²) in [6, 6.07) is 14.3. The van der Waals surface area contributed by atoms with Crippen LogP contribution in [-0.2, 0) is 6.42 Å². The quantitative estimate of drug-likeness (QED) is 0.668. The molecule has 3 aromatic rings. The smallest absolute Gasteiger partial charge is 0.156 e. The van der Waals surface area contributed by atoms with E-state index in [4.69, 9.17) is 0 Å². The molecule has 3 rings (SSSR count). The fourth-order valence-corrected chi connectivity index (χ4v) is 1.89. The molecule has 0 atom stereocenters. The zero-order chi connectivity index (χ0) is 11.7. The topological polar surface area (TPSA) is 30.2 Å². The van der Waals surface area contributed by atoms with Crippen molar-refractivity contribution in [3.63, 3.8) is 0 Å². The van der Waals surface area contributed by atoms with E-state index in [1.807, 2.05) is 35.0 Å². The lowest BCUT2D eigenvalue weighted by Crippen LogP contribution is -1.91. The number of aromatic nitrogens is 3. The van der Waals surface area contributed by atoms with Crippen LogP contribution in [0.5, 0.6) is 0 Å². The highest BCUT2D eigenvalue weighted by atomic mass is 15.3. The first kappa shape index (κ1) is 10.0. The molecule has 2 heterocycles. The Kier molecular flexibility index (Phi) is 2.37. The van der Waals surface area contributed by atoms with Gasteiger partial charge in [0.15, 0.2) is 11.5 Å². The Morgan fingerprint density at radius 1 is 1.06 bits per heavy atom. The second kappa shape index (κ2) is 4.01. The third-order valence-electron chi connectivity index (χ3n) is 2.73. The lowest BCUT2D eigenvalue weighted by Gasteiger charge is -1.94. The summed E-state index contributed by atoms with van der Waals surface area (Å²) in [6.45, 7) is 2.05. The van der Waals surface area contributed by atoms with Gasteiger partial charge in [-0.15, -0.1) is 0 Å². The second-order valence-electron chi connectivity index (χ2n) is 4.20. The maximum absolute atomic E-state index is 4.50. The maximum Gasteiger partial charge on any atom is 0.156 e. The van der Waals surface area contributed by atoms with E-state index < -0.39 is 0 Å². The molecule has 0 unspecified atom stereocenters. The normalized spacial score (nSPS) is 10.9. The predicted octanol–water partition coefficient (Wildman–Crippen LogP) is 2.63. The molecule has 3 nitrogen and oxygen atoms in total. The highest BCUT2D eigenvalue weighted by Gasteiger charge is 2.04. The third-order valence-corrected chi connectivity index (χ3v) is 2.73. The summed E-state index contributed by atoms with van der Waals surface area (Å²) >= 11 is 0. The average Bonchev–Trinajstić information content (AvgIpc) is 2.71. The van der Waals surface area contributed by atoms with Gasteiger partial charge in [0.05, 0.1) is 0 Å². The van der Waals surface area contributed by atoms with Gasteiger partial charge < -0.3 is 0 Å². The van der Waals surface area contributed by atoms with E-state index in [1.54, 1.807) is 0 Å². The first-order valence-electron chi connectivity index (χ1n) is 5.67. The Bertz CT molecular complexity index is 641. The molecule has 0 N–H and O–H groups in total. The number of aryl methyl sites for hydroxylation is 1. The summed E-state index contributed by atoms with van der Waals surface area (Å²) in [5, 5.41) is 4.47. The molecule has 0 aliphatic rings. The predicted molar refractivity (Wildman–Crippen MR) is 67.0 cm³/mol. The van der Waals surface area contributed by atoms with E-state index in [0.717, 1.165) is 17.9 Å². The molecule has 1 aromatic carbocycles. The van der Waals surface area contributed by atoms with Gasteiger partial charge in [-0.05, 0) is 24.1 Å². The molecule has 0 spiro atoms. The van der Waals surface area contributed by atoms with Crippen LogP contribution in [0.4, 0.5) is 0 Å². The van der Waals surface area contributed by atoms with Crippen LogP contribution in [0, 0.1) is 6.92 Å². The molecule has 17 heavy (non-hydrogen) atoms. The van der Waals surface area contributed by atoms with Crippen molar-refractivity contribution in [1.82, 2.24) is 14.6 Å². The van der Waals surface area contributed by atoms with Gasteiger partial charge in [0.2, 0.25) is 0 Å². The minimum atomic E-state index is 0.779. The number of pyridine rings is 1. The van der Waals surface area contributed by atoms with Crippen LogP contribution in [0.1, 0.15) is 17.0 Å². The zero-order valence-corrected chi connectivity index (χ0v) is 9.67. The van der Waals surface area contributed by atoms with Gasteiger partial charge in [-0.1, -0.05) is 36.4 Å². The van der Waals surface area contributed by atoms with Crippen molar-refractivity contribution >= 4 is 5.65 Å². The van der Waals surface area contributed by atoms with Crippen LogP contribution >= 0.6 is 0 Å². The molecule has 2 aromatic heterocycles. The fraction of sp³-hybridized carbons (Fsp3) is 0.143. The number of rotatable bonds is 2. The third kappa shape index (κ3) is 2.04. The van der Waals surface area contributed by atoms with Crippen molar-refractivity contribution in [3.05, 3.63) is 65.6 Å². The van der Waals surface area contributed by atoms with E-state index in [2.05, 4.69) is 35.2 Å². The Labute approximate surface area is 99.7 Å². The van der Waals surface area contributed by atoms with Gasteiger partial charge in [-0.3, -0.25) is 0 Å². The van der Waals surface area contributed by atoms with E-state index in [1.165, 1.54) is 11.1 Å². The minimum Gasteiger partial charge on any atom is -0.221 e. The van der Waals surface area contributed by atoms with Gasteiger partial charge >= 0.3 is 0 Å². The Morgan fingerprint density at radius 3 is 2.71 bits per heavy atom. The van der Waals surface area contributed by atoms with Gasteiger partial charge in [-0.2, -0.15) is 5.10 Å². The molecule has 84 valence electrons. The first-order chi connectivity index (χ1) is 8.31. The molecule has 0 radical (unpaired) electrons. The number of hydrogen-bond acceptors (Lipinski definition) is 2. The lowest BCUT2D eigenvalue weighted by atomic mass is 10.1.